The number of ketones is 1. The Morgan fingerprint density at radius 3 is 2.50 bits per heavy atom. The zero-order valence-electron chi connectivity index (χ0n) is 15.3. The van der Waals surface area contributed by atoms with E-state index in [1.807, 2.05) is 5.38 Å². The van der Waals surface area contributed by atoms with E-state index in [0.29, 0.717) is 10.0 Å². The smallest absolute Gasteiger partial charge is 0.332 e. The van der Waals surface area contributed by atoms with Crippen LogP contribution >= 0.6 is 23.1 Å². The van der Waals surface area contributed by atoms with Crippen LogP contribution in [-0.4, -0.2) is 25.2 Å². The average Bonchev–Trinajstić information content (AvgIpc) is 3.13. The first-order chi connectivity index (χ1) is 13.2. The molecule has 1 unspecified atom stereocenters. The van der Waals surface area contributed by atoms with Gasteiger partial charge in [0.25, 0.3) is 5.56 Å². The molecule has 0 aliphatic heterocycles. The van der Waals surface area contributed by atoms with Crippen molar-refractivity contribution in [1.29, 1.82) is 0 Å². The van der Waals surface area contributed by atoms with Gasteiger partial charge in [0.15, 0.2) is 10.1 Å². The van der Waals surface area contributed by atoms with E-state index >= 15 is 0 Å². The molecule has 1 aromatic carbocycles. The summed E-state index contributed by atoms with van der Waals surface area (Å²) in [5.41, 5.74) is 5.77. The van der Waals surface area contributed by atoms with Crippen molar-refractivity contribution in [2.45, 2.75) is 16.5 Å². The van der Waals surface area contributed by atoms with Gasteiger partial charge >= 0.3 is 5.69 Å². The molecule has 3 aromatic rings. The quantitative estimate of drug-likeness (QED) is 0.502. The molecule has 146 valence electrons. The molecule has 0 radical (unpaired) electrons. The third-order valence-electron chi connectivity index (χ3n) is 4.23. The standard InChI is InChI=1S/C18H17FN4O3S2/c1-9(14(24)13-15(20)22(2)18(26)23(3)16(13)25)28-17-21-12(8-27-17)10-4-6-11(19)7-5-10/h4-9H,20H2,1-3H3. The normalized spacial score (nSPS) is 12.1. The van der Waals surface area contributed by atoms with Crippen LogP contribution in [0.1, 0.15) is 17.3 Å². The number of thiazole rings is 1. The Morgan fingerprint density at radius 1 is 1.21 bits per heavy atom. The Hall–Kier alpha value is -2.72. The number of halogens is 1. The lowest BCUT2D eigenvalue weighted by Gasteiger charge is -2.13. The number of rotatable bonds is 5. The highest BCUT2D eigenvalue weighted by Crippen LogP contribution is 2.32. The van der Waals surface area contributed by atoms with Crippen LogP contribution in [0.15, 0.2) is 43.6 Å². The van der Waals surface area contributed by atoms with E-state index in [2.05, 4.69) is 4.98 Å². The van der Waals surface area contributed by atoms with Crippen LogP contribution in [0.5, 0.6) is 0 Å². The predicted octanol–water partition coefficient (Wildman–Crippen LogP) is 2.29. The number of nitrogens with two attached hydrogens (primary N) is 1. The van der Waals surface area contributed by atoms with Gasteiger partial charge < -0.3 is 5.73 Å². The number of hydrogen-bond acceptors (Lipinski definition) is 7. The van der Waals surface area contributed by atoms with Gasteiger partial charge in [-0.2, -0.15) is 0 Å². The van der Waals surface area contributed by atoms with Crippen LogP contribution in [0, 0.1) is 5.82 Å². The topological polar surface area (TPSA) is 100.0 Å². The largest absolute Gasteiger partial charge is 0.384 e. The molecule has 10 heteroatoms. The summed E-state index contributed by atoms with van der Waals surface area (Å²) >= 11 is 2.53. The van der Waals surface area contributed by atoms with E-state index in [0.717, 1.165) is 14.7 Å². The highest BCUT2D eigenvalue weighted by Gasteiger charge is 2.26. The number of thioether (sulfide) groups is 1. The van der Waals surface area contributed by atoms with Crippen molar-refractivity contribution in [3.63, 3.8) is 0 Å². The number of nitrogen functional groups attached to an aromatic ring is 1. The van der Waals surface area contributed by atoms with Crippen molar-refractivity contribution < 1.29 is 9.18 Å². The van der Waals surface area contributed by atoms with E-state index in [9.17, 15) is 18.8 Å². The summed E-state index contributed by atoms with van der Waals surface area (Å²) in [4.78, 5) is 41.6. The van der Waals surface area contributed by atoms with Crippen LogP contribution in [0.25, 0.3) is 11.3 Å². The zero-order valence-corrected chi connectivity index (χ0v) is 16.9. The molecule has 0 fully saturated rings. The maximum Gasteiger partial charge on any atom is 0.332 e. The molecule has 0 aliphatic rings. The fraction of sp³-hybridized carbons (Fsp3) is 0.222. The second-order valence-corrected chi connectivity index (χ2v) is 8.54. The molecule has 0 saturated heterocycles. The van der Waals surface area contributed by atoms with Gasteiger partial charge in [-0.25, -0.2) is 14.2 Å². The van der Waals surface area contributed by atoms with Crippen molar-refractivity contribution >= 4 is 34.7 Å². The van der Waals surface area contributed by atoms with Crippen LogP contribution in [-0.2, 0) is 14.1 Å². The highest BCUT2D eigenvalue weighted by molar-refractivity contribution is 8.02. The van der Waals surface area contributed by atoms with Gasteiger partial charge in [-0.3, -0.25) is 18.7 Å². The Bertz CT molecular complexity index is 1170. The molecule has 1 atom stereocenters. The second kappa shape index (κ2) is 7.72. The molecular formula is C18H17FN4O3S2. The average molecular weight is 420 g/mol. The lowest BCUT2D eigenvalue weighted by Crippen LogP contribution is -2.42. The molecule has 28 heavy (non-hydrogen) atoms. The number of carbonyl (C=O) groups excluding carboxylic acids is 1. The minimum absolute atomic E-state index is 0.156. The van der Waals surface area contributed by atoms with Crippen molar-refractivity contribution in [2.24, 2.45) is 14.1 Å². The van der Waals surface area contributed by atoms with Crippen LogP contribution in [0.3, 0.4) is 0 Å². The molecular weight excluding hydrogens is 403 g/mol. The van der Waals surface area contributed by atoms with Crippen molar-refractivity contribution in [2.75, 3.05) is 5.73 Å². The third kappa shape index (κ3) is 3.65. The predicted molar refractivity (Wildman–Crippen MR) is 108 cm³/mol. The first-order valence-corrected chi connectivity index (χ1v) is 9.94. The van der Waals surface area contributed by atoms with Crippen LogP contribution in [0.2, 0.25) is 0 Å². The number of hydrogen-bond donors (Lipinski definition) is 1. The minimum Gasteiger partial charge on any atom is -0.384 e. The van der Waals surface area contributed by atoms with Crippen molar-refractivity contribution in [1.82, 2.24) is 14.1 Å². The molecule has 0 aliphatic carbocycles. The Kier molecular flexibility index (Phi) is 5.52. The lowest BCUT2D eigenvalue weighted by atomic mass is 10.1. The molecule has 2 aromatic heterocycles. The summed E-state index contributed by atoms with van der Waals surface area (Å²) in [7, 11) is 2.70. The maximum atomic E-state index is 13.1. The van der Waals surface area contributed by atoms with Crippen molar-refractivity contribution in [3.8, 4) is 11.3 Å². The summed E-state index contributed by atoms with van der Waals surface area (Å²) in [5, 5.41) is 1.17. The number of carbonyl (C=O) groups is 1. The summed E-state index contributed by atoms with van der Waals surface area (Å²) in [6.45, 7) is 1.65. The number of benzene rings is 1. The van der Waals surface area contributed by atoms with Gasteiger partial charge in [0, 0.05) is 25.0 Å². The molecule has 2 heterocycles. The molecule has 2 N–H and O–H groups in total. The third-order valence-corrected chi connectivity index (χ3v) is 6.30. The molecule has 7 nitrogen and oxygen atoms in total. The summed E-state index contributed by atoms with van der Waals surface area (Å²) in [5.74, 6) is -0.960. The Morgan fingerprint density at radius 2 is 1.86 bits per heavy atom. The van der Waals surface area contributed by atoms with E-state index in [1.54, 1.807) is 19.1 Å². The molecule has 0 bridgehead atoms. The lowest BCUT2D eigenvalue weighted by molar-refractivity contribution is 0.0992. The van der Waals surface area contributed by atoms with Gasteiger partial charge in [0.05, 0.1) is 10.9 Å². The molecule has 0 spiro atoms. The van der Waals surface area contributed by atoms with Gasteiger partial charge in [-0.15, -0.1) is 11.3 Å². The first kappa shape index (κ1) is 20.0. The van der Waals surface area contributed by atoms with Gasteiger partial charge in [-0.1, -0.05) is 11.8 Å². The van der Waals surface area contributed by atoms with Gasteiger partial charge in [-0.05, 0) is 31.2 Å². The number of nitrogens with zero attached hydrogens (tertiary/aromatic N) is 3. The fourth-order valence-electron chi connectivity index (χ4n) is 2.56. The van der Waals surface area contributed by atoms with Crippen LogP contribution in [0.4, 0.5) is 10.2 Å². The first-order valence-electron chi connectivity index (χ1n) is 8.18. The monoisotopic (exact) mass is 420 g/mol. The van der Waals surface area contributed by atoms with E-state index in [1.165, 1.54) is 49.3 Å². The molecule has 3 rings (SSSR count). The summed E-state index contributed by atoms with van der Waals surface area (Å²) in [6.07, 6.45) is 0. The minimum atomic E-state index is -0.718. The number of Topliss-reactive ketones (excluding diaryl/α,β-unsaturated/α-hetero) is 1. The Labute approximate surface area is 167 Å². The van der Waals surface area contributed by atoms with Gasteiger partial charge in [0.2, 0.25) is 0 Å². The van der Waals surface area contributed by atoms with E-state index in [4.69, 9.17) is 5.73 Å². The fourth-order valence-corrected chi connectivity index (χ4v) is 4.59. The maximum absolute atomic E-state index is 13.1. The van der Waals surface area contributed by atoms with E-state index in [-0.39, 0.29) is 17.2 Å². The summed E-state index contributed by atoms with van der Waals surface area (Å²) < 4.78 is 15.6. The molecule has 0 amide bonds. The highest BCUT2D eigenvalue weighted by atomic mass is 32.2. The Balaban J connectivity index is 1.86. The van der Waals surface area contributed by atoms with E-state index < -0.39 is 22.3 Å². The van der Waals surface area contributed by atoms with Gasteiger partial charge in [0.1, 0.15) is 17.2 Å². The van der Waals surface area contributed by atoms with Crippen molar-refractivity contribution in [3.05, 3.63) is 61.9 Å². The zero-order chi connectivity index (χ0) is 20.6. The van der Waals surface area contributed by atoms with Crippen LogP contribution < -0.4 is 17.0 Å². The molecule has 0 saturated carbocycles. The number of anilines is 1. The SMILES string of the molecule is CC(Sc1nc(-c2ccc(F)cc2)cs1)C(=O)c1c(N)n(C)c(=O)n(C)c1=O. The number of aromatic nitrogens is 3. The second-order valence-electron chi connectivity index (χ2n) is 6.10. The summed E-state index contributed by atoms with van der Waals surface area (Å²) in [6, 6.07) is 5.96.